The molecule has 0 aliphatic carbocycles. The van der Waals surface area contributed by atoms with Crippen LogP contribution in [0.5, 0.6) is 11.5 Å². The molecule has 0 saturated carbocycles. The Morgan fingerprint density at radius 1 is 0.972 bits per heavy atom. The van der Waals surface area contributed by atoms with Crippen molar-refractivity contribution in [1.82, 2.24) is 0 Å². The number of halogens is 2. The summed E-state index contributed by atoms with van der Waals surface area (Å²) >= 11 is 12.3. The lowest BCUT2D eigenvalue weighted by Crippen LogP contribution is -2.26. The van der Waals surface area contributed by atoms with Crippen molar-refractivity contribution in [1.29, 1.82) is 0 Å². The van der Waals surface area contributed by atoms with E-state index in [1.165, 1.54) is 12.1 Å². The average Bonchev–Trinajstić information content (AvgIpc) is 2.86. The fourth-order valence-electron chi connectivity index (χ4n) is 3.84. The van der Waals surface area contributed by atoms with E-state index in [-0.39, 0.29) is 36.1 Å². The van der Waals surface area contributed by atoms with E-state index in [1.54, 1.807) is 42.5 Å². The topological polar surface area (TPSA) is 71.1 Å². The van der Waals surface area contributed by atoms with Crippen LogP contribution >= 0.6 is 23.2 Å². The molecule has 9 heteroatoms. The average molecular weight is 551 g/mol. The summed E-state index contributed by atoms with van der Waals surface area (Å²) < 4.78 is 49.4. The van der Waals surface area contributed by atoms with Gasteiger partial charge in [0.05, 0.1) is 18.2 Å². The zero-order valence-electron chi connectivity index (χ0n) is 19.9. The van der Waals surface area contributed by atoms with E-state index < -0.39 is 10.1 Å². The molecular weight excluding hydrogens is 523 g/mol. The summed E-state index contributed by atoms with van der Waals surface area (Å²) in [5, 5.41) is 0.881. The zero-order valence-corrected chi connectivity index (χ0v) is 22.2. The third-order valence-corrected chi connectivity index (χ3v) is 7.60. The molecule has 2 atom stereocenters. The maximum Gasteiger partial charge on any atom is 0.339 e. The van der Waals surface area contributed by atoms with Gasteiger partial charge in [-0.1, -0.05) is 59.1 Å². The highest BCUT2D eigenvalue weighted by Crippen LogP contribution is 2.33. The standard InChI is InChI=1S/C27H28Cl2O6S/c1-19-9-12-22(13-10-19)36(30,31)35-25-7-3-2-6-23(25)20(18-34-27-8-4-5-15-32-27)17-33-26-14-11-21(28)16-24(26)29/h2-3,6-7,9-14,16,20,27H,4-5,8,15,17-18H2,1H3. The second kappa shape index (κ2) is 12.3. The molecule has 36 heavy (non-hydrogen) atoms. The molecule has 0 N–H and O–H groups in total. The van der Waals surface area contributed by atoms with E-state index >= 15 is 0 Å². The summed E-state index contributed by atoms with van der Waals surface area (Å²) in [6.07, 6.45) is 2.52. The maximum absolute atomic E-state index is 13.0. The van der Waals surface area contributed by atoms with Crippen molar-refractivity contribution in [3.63, 3.8) is 0 Å². The predicted molar refractivity (Wildman–Crippen MR) is 140 cm³/mol. The van der Waals surface area contributed by atoms with Gasteiger partial charge >= 0.3 is 10.1 Å². The quantitative estimate of drug-likeness (QED) is 0.259. The fraction of sp³-hybridized carbons (Fsp3) is 0.333. The molecule has 3 aromatic carbocycles. The first-order valence-electron chi connectivity index (χ1n) is 11.7. The van der Waals surface area contributed by atoms with Crippen LogP contribution in [0.3, 0.4) is 0 Å². The molecule has 0 radical (unpaired) electrons. The van der Waals surface area contributed by atoms with E-state index in [0.717, 1.165) is 24.8 Å². The molecule has 192 valence electrons. The third-order valence-electron chi connectivity index (χ3n) is 5.82. The van der Waals surface area contributed by atoms with Crippen LogP contribution in [0, 0.1) is 6.92 Å². The number of ether oxygens (including phenoxy) is 3. The first kappa shape index (κ1) is 26.8. The molecule has 1 heterocycles. The van der Waals surface area contributed by atoms with Crippen LogP contribution in [-0.2, 0) is 19.6 Å². The van der Waals surface area contributed by atoms with Crippen LogP contribution in [0.4, 0.5) is 0 Å². The fourth-order valence-corrected chi connectivity index (χ4v) is 5.26. The molecule has 0 spiro atoms. The van der Waals surface area contributed by atoms with Crippen molar-refractivity contribution >= 4 is 33.3 Å². The van der Waals surface area contributed by atoms with Gasteiger partial charge in [0, 0.05) is 23.1 Å². The molecular formula is C27H28Cl2O6S. The Bertz CT molecular complexity index is 1260. The van der Waals surface area contributed by atoms with E-state index in [4.69, 9.17) is 41.6 Å². The Hall–Kier alpha value is -2.29. The largest absolute Gasteiger partial charge is 0.491 e. The van der Waals surface area contributed by atoms with Gasteiger partial charge in [0.2, 0.25) is 0 Å². The molecule has 1 fully saturated rings. The van der Waals surface area contributed by atoms with Crippen LogP contribution in [0.25, 0.3) is 0 Å². The first-order chi connectivity index (χ1) is 17.3. The molecule has 1 aliphatic rings. The molecule has 1 saturated heterocycles. The summed E-state index contributed by atoms with van der Waals surface area (Å²) in [5.41, 5.74) is 1.59. The molecule has 2 unspecified atom stereocenters. The van der Waals surface area contributed by atoms with Gasteiger partial charge in [-0.15, -0.1) is 0 Å². The highest BCUT2D eigenvalue weighted by Gasteiger charge is 2.25. The molecule has 4 rings (SSSR count). The zero-order chi connectivity index (χ0) is 25.5. The molecule has 3 aromatic rings. The minimum Gasteiger partial charge on any atom is -0.491 e. The summed E-state index contributed by atoms with van der Waals surface area (Å²) in [7, 11) is -4.04. The summed E-state index contributed by atoms with van der Waals surface area (Å²) in [6.45, 7) is 2.95. The van der Waals surface area contributed by atoms with Crippen LogP contribution < -0.4 is 8.92 Å². The minimum atomic E-state index is -4.04. The lowest BCUT2D eigenvalue weighted by Gasteiger charge is -2.26. The van der Waals surface area contributed by atoms with Crippen LogP contribution in [-0.4, -0.2) is 34.5 Å². The van der Waals surface area contributed by atoms with E-state index in [0.29, 0.717) is 28.0 Å². The summed E-state index contributed by atoms with van der Waals surface area (Å²) in [6, 6.07) is 18.5. The predicted octanol–water partition coefficient (Wildman–Crippen LogP) is 6.78. The molecule has 0 bridgehead atoms. The van der Waals surface area contributed by atoms with Gasteiger partial charge in [0.1, 0.15) is 16.4 Å². The lowest BCUT2D eigenvalue weighted by molar-refractivity contribution is -0.166. The minimum absolute atomic E-state index is 0.0792. The van der Waals surface area contributed by atoms with Gasteiger partial charge < -0.3 is 18.4 Å². The van der Waals surface area contributed by atoms with Gasteiger partial charge in [-0.05, 0) is 62.6 Å². The number of benzene rings is 3. The van der Waals surface area contributed by atoms with Crippen molar-refractivity contribution in [2.75, 3.05) is 19.8 Å². The Morgan fingerprint density at radius 2 is 1.75 bits per heavy atom. The van der Waals surface area contributed by atoms with Crippen LogP contribution in [0.15, 0.2) is 71.6 Å². The van der Waals surface area contributed by atoms with Crippen molar-refractivity contribution < 1.29 is 26.8 Å². The first-order valence-corrected chi connectivity index (χ1v) is 13.9. The SMILES string of the molecule is Cc1ccc(S(=O)(=O)Oc2ccccc2C(COc2ccc(Cl)cc2Cl)COC2CCCCO2)cc1. The Morgan fingerprint density at radius 3 is 2.47 bits per heavy atom. The number of rotatable bonds is 10. The second-order valence-corrected chi connectivity index (χ2v) is 11.0. The maximum atomic E-state index is 13.0. The Kier molecular flexibility index (Phi) is 9.14. The van der Waals surface area contributed by atoms with Crippen molar-refractivity contribution in [3.05, 3.63) is 87.9 Å². The van der Waals surface area contributed by atoms with Gasteiger partial charge in [-0.2, -0.15) is 8.42 Å². The van der Waals surface area contributed by atoms with Crippen molar-refractivity contribution in [3.8, 4) is 11.5 Å². The second-order valence-electron chi connectivity index (χ2n) is 8.60. The van der Waals surface area contributed by atoms with Crippen LogP contribution in [0.1, 0.15) is 36.3 Å². The number of para-hydroxylation sites is 1. The summed E-state index contributed by atoms with van der Waals surface area (Å²) in [4.78, 5) is 0.0792. The summed E-state index contributed by atoms with van der Waals surface area (Å²) in [5.74, 6) is 0.305. The van der Waals surface area contributed by atoms with Gasteiger partial charge in [-0.25, -0.2) is 0 Å². The molecule has 0 amide bonds. The third kappa shape index (κ3) is 7.14. The highest BCUT2D eigenvalue weighted by molar-refractivity contribution is 7.87. The normalized spacial score (nSPS) is 16.9. The van der Waals surface area contributed by atoms with E-state index in [2.05, 4.69) is 0 Å². The van der Waals surface area contributed by atoms with E-state index in [9.17, 15) is 8.42 Å². The Labute approximate surface area is 222 Å². The van der Waals surface area contributed by atoms with Crippen molar-refractivity contribution in [2.24, 2.45) is 0 Å². The smallest absolute Gasteiger partial charge is 0.339 e. The molecule has 6 nitrogen and oxygen atoms in total. The number of hydrogen-bond acceptors (Lipinski definition) is 6. The van der Waals surface area contributed by atoms with Crippen LogP contribution in [0.2, 0.25) is 10.0 Å². The van der Waals surface area contributed by atoms with Gasteiger partial charge in [-0.3, -0.25) is 0 Å². The van der Waals surface area contributed by atoms with Crippen molar-refractivity contribution in [2.45, 2.75) is 43.3 Å². The lowest BCUT2D eigenvalue weighted by atomic mass is 10.00. The van der Waals surface area contributed by atoms with Gasteiger partial charge in [0.25, 0.3) is 0 Å². The van der Waals surface area contributed by atoms with E-state index in [1.807, 2.05) is 19.1 Å². The monoisotopic (exact) mass is 550 g/mol. The molecule has 1 aliphatic heterocycles. The number of hydrogen-bond donors (Lipinski definition) is 0. The van der Waals surface area contributed by atoms with Gasteiger partial charge in [0.15, 0.2) is 6.29 Å². The number of aryl methyl sites for hydroxylation is 1. The Balaban J connectivity index is 1.58. The highest BCUT2D eigenvalue weighted by atomic mass is 35.5. The molecule has 0 aromatic heterocycles.